The molecule has 0 N–H and O–H groups in total. The van der Waals surface area contributed by atoms with E-state index in [0.29, 0.717) is 0 Å². The highest BCUT2D eigenvalue weighted by Crippen LogP contribution is 2.24. The molecule has 19 heavy (non-hydrogen) atoms. The van der Waals surface area contributed by atoms with Gasteiger partial charge in [0.1, 0.15) is 5.82 Å². The van der Waals surface area contributed by atoms with Crippen molar-refractivity contribution in [1.82, 2.24) is 14.6 Å². The third-order valence-electron chi connectivity index (χ3n) is 2.97. The number of pyridine rings is 1. The smallest absolute Gasteiger partial charge is 0.163 e. The van der Waals surface area contributed by atoms with Gasteiger partial charge in [-0.2, -0.15) is 5.10 Å². The average molecular weight is 271 g/mol. The molecule has 0 spiro atoms. The van der Waals surface area contributed by atoms with Crippen LogP contribution in [0.1, 0.15) is 5.82 Å². The SMILES string of the molecule is Cc1nc2c(-c3ccc(S(C)=O)cc3)cccn2n1. The fraction of sp³-hybridized carbons (Fsp3) is 0.143. The van der Waals surface area contributed by atoms with Gasteiger partial charge in [-0.05, 0) is 36.8 Å². The van der Waals surface area contributed by atoms with Gasteiger partial charge in [0.15, 0.2) is 5.65 Å². The highest BCUT2D eigenvalue weighted by Gasteiger charge is 2.08. The topological polar surface area (TPSA) is 47.3 Å². The van der Waals surface area contributed by atoms with Gasteiger partial charge in [0.2, 0.25) is 0 Å². The summed E-state index contributed by atoms with van der Waals surface area (Å²) in [5.41, 5.74) is 2.91. The van der Waals surface area contributed by atoms with E-state index in [-0.39, 0.29) is 0 Å². The molecule has 0 bridgehead atoms. The van der Waals surface area contributed by atoms with Crippen LogP contribution in [0.4, 0.5) is 0 Å². The van der Waals surface area contributed by atoms with E-state index in [4.69, 9.17) is 0 Å². The number of fused-ring (bicyclic) bond motifs is 1. The minimum Gasteiger partial charge on any atom is -0.255 e. The van der Waals surface area contributed by atoms with Crippen LogP contribution in [0.15, 0.2) is 47.5 Å². The maximum Gasteiger partial charge on any atom is 0.163 e. The predicted octanol–water partition coefficient (Wildman–Crippen LogP) is 2.44. The van der Waals surface area contributed by atoms with Gasteiger partial charge in [-0.15, -0.1) is 0 Å². The van der Waals surface area contributed by atoms with Crippen LogP contribution in [0, 0.1) is 6.92 Å². The highest BCUT2D eigenvalue weighted by molar-refractivity contribution is 7.84. The second-order valence-corrected chi connectivity index (χ2v) is 5.71. The zero-order valence-electron chi connectivity index (χ0n) is 10.7. The van der Waals surface area contributed by atoms with Crippen LogP contribution in [-0.2, 0) is 10.8 Å². The molecule has 0 aliphatic carbocycles. The predicted molar refractivity (Wildman–Crippen MR) is 75.5 cm³/mol. The molecule has 3 rings (SSSR count). The molecule has 0 aliphatic rings. The first-order valence-corrected chi connectivity index (χ1v) is 7.47. The van der Waals surface area contributed by atoms with Crippen molar-refractivity contribution in [3.8, 4) is 11.1 Å². The maximum atomic E-state index is 11.4. The monoisotopic (exact) mass is 271 g/mol. The second kappa shape index (κ2) is 4.59. The van der Waals surface area contributed by atoms with Crippen LogP contribution in [0.2, 0.25) is 0 Å². The summed E-state index contributed by atoms with van der Waals surface area (Å²) in [5, 5.41) is 4.30. The van der Waals surface area contributed by atoms with E-state index in [1.165, 1.54) is 0 Å². The summed E-state index contributed by atoms with van der Waals surface area (Å²) in [4.78, 5) is 5.27. The summed E-state index contributed by atoms with van der Waals surface area (Å²) < 4.78 is 13.2. The fourth-order valence-electron chi connectivity index (χ4n) is 2.06. The van der Waals surface area contributed by atoms with Crippen molar-refractivity contribution in [3.63, 3.8) is 0 Å². The van der Waals surface area contributed by atoms with Crippen molar-refractivity contribution in [2.45, 2.75) is 11.8 Å². The number of rotatable bonds is 2. The molecule has 0 saturated heterocycles. The molecule has 96 valence electrons. The van der Waals surface area contributed by atoms with E-state index in [2.05, 4.69) is 10.1 Å². The Labute approximate surface area is 113 Å². The molecule has 0 radical (unpaired) electrons. The lowest BCUT2D eigenvalue weighted by Gasteiger charge is -2.04. The quantitative estimate of drug-likeness (QED) is 0.719. The molecule has 2 heterocycles. The van der Waals surface area contributed by atoms with E-state index in [1.807, 2.05) is 49.5 Å². The van der Waals surface area contributed by atoms with Gasteiger partial charge in [0, 0.05) is 33.7 Å². The van der Waals surface area contributed by atoms with Gasteiger partial charge >= 0.3 is 0 Å². The Bertz CT molecular complexity index is 762. The molecule has 4 nitrogen and oxygen atoms in total. The Morgan fingerprint density at radius 3 is 2.58 bits per heavy atom. The summed E-state index contributed by atoms with van der Waals surface area (Å²) >= 11 is 0. The second-order valence-electron chi connectivity index (χ2n) is 4.33. The van der Waals surface area contributed by atoms with Crippen molar-refractivity contribution < 1.29 is 4.21 Å². The molecule has 1 atom stereocenters. The first-order valence-electron chi connectivity index (χ1n) is 5.91. The maximum absolute atomic E-state index is 11.4. The molecule has 2 aromatic heterocycles. The molecule has 0 amide bonds. The summed E-state index contributed by atoms with van der Waals surface area (Å²) in [7, 11) is -0.950. The van der Waals surface area contributed by atoms with Crippen LogP contribution in [0.5, 0.6) is 0 Å². The van der Waals surface area contributed by atoms with Crippen LogP contribution >= 0.6 is 0 Å². The van der Waals surface area contributed by atoms with Crippen molar-refractivity contribution >= 4 is 16.4 Å². The first-order chi connectivity index (χ1) is 9.15. The minimum absolute atomic E-state index is 0.749. The molecule has 1 unspecified atom stereocenters. The standard InChI is InChI=1S/C14H13N3OS/c1-10-15-14-13(4-3-9-17(14)16-10)11-5-7-12(8-6-11)19(2)18/h3-9H,1-2H3. The molecule has 0 aliphatic heterocycles. The average Bonchev–Trinajstić information content (AvgIpc) is 2.78. The third-order valence-corrected chi connectivity index (χ3v) is 3.90. The Morgan fingerprint density at radius 1 is 1.16 bits per heavy atom. The van der Waals surface area contributed by atoms with E-state index >= 15 is 0 Å². The Morgan fingerprint density at radius 2 is 1.89 bits per heavy atom. The molecular formula is C14H13N3OS. The fourth-order valence-corrected chi connectivity index (χ4v) is 2.58. The number of benzene rings is 1. The van der Waals surface area contributed by atoms with Crippen LogP contribution in [-0.4, -0.2) is 25.1 Å². The Hall–Kier alpha value is -2.01. The van der Waals surface area contributed by atoms with Crippen LogP contribution < -0.4 is 0 Å². The van der Waals surface area contributed by atoms with Crippen LogP contribution in [0.3, 0.4) is 0 Å². The molecule has 0 fully saturated rings. The van der Waals surface area contributed by atoms with Crippen molar-refractivity contribution in [2.75, 3.05) is 6.26 Å². The lowest BCUT2D eigenvalue weighted by atomic mass is 10.1. The summed E-state index contributed by atoms with van der Waals surface area (Å²) in [6.07, 6.45) is 3.56. The normalized spacial score (nSPS) is 12.7. The van der Waals surface area contributed by atoms with Gasteiger partial charge < -0.3 is 0 Å². The van der Waals surface area contributed by atoms with Crippen molar-refractivity contribution in [3.05, 3.63) is 48.4 Å². The zero-order valence-corrected chi connectivity index (χ0v) is 11.5. The largest absolute Gasteiger partial charge is 0.255 e. The van der Waals surface area contributed by atoms with Gasteiger partial charge in [0.05, 0.1) is 0 Å². The lowest BCUT2D eigenvalue weighted by Crippen LogP contribution is -1.91. The summed E-state index contributed by atoms with van der Waals surface area (Å²) in [6, 6.07) is 11.7. The number of hydrogen-bond acceptors (Lipinski definition) is 3. The molecule has 3 aromatic rings. The third kappa shape index (κ3) is 2.17. The van der Waals surface area contributed by atoms with E-state index in [1.54, 1.807) is 10.8 Å². The number of aromatic nitrogens is 3. The number of nitrogens with zero attached hydrogens (tertiary/aromatic N) is 3. The van der Waals surface area contributed by atoms with Gasteiger partial charge in [-0.3, -0.25) is 4.21 Å². The van der Waals surface area contributed by atoms with E-state index < -0.39 is 10.8 Å². The van der Waals surface area contributed by atoms with Gasteiger partial charge in [-0.25, -0.2) is 9.50 Å². The lowest BCUT2D eigenvalue weighted by molar-refractivity contribution is 0.687. The van der Waals surface area contributed by atoms with Gasteiger partial charge in [-0.1, -0.05) is 12.1 Å². The zero-order chi connectivity index (χ0) is 13.4. The molecular weight excluding hydrogens is 258 g/mol. The van der Waals surface area contributed by atoms with E-state index in [0.717, 1.165) is 27.5 Å². The van der Waals surface area contributed by atoms with Crippen LogP contribution in [0.25, 0.3) is 16.8 Å². The number of hydrogen-bond donors (Lipinski definition) is 0. The summed E-state index contributed by atoms with van der Waals surface area (Å²) in [5.74, 6) is 0.749. The minimum atomic E-state index is -0.950. The summed E-state index contributed by atoms with van der Waals surface area (Å²) in [6.45, 7) is 1.88. The van der Waals surface area contributed by atoms with Crippen molar-refractivity contribution in [2.24, 2.45) is 0 Å². The molecule has 5 heteroatoms. The van der Waals surface area contributed by atoms with E-state index in [9.17, 15) is 4.21 Å². The van der Waals surface area contributed by atoms with Crippen molar-refractivity contribution in [1.29, 1.82) is 0 Å². The Balaban J connectivity index is 2.15. The first kappa shape index (κ1) is 12.0. The van der Waals surface area contributed by atoms with Gasteiger partial charge in [0.25, 0.3) is 0 Å². The number of aryl methyl sites for hydroxylation is 1. The molecule has 1 aromatic carbocycles. The highest BCUT2D eigenvalue weighted by atomic mass is 32.2. The Kier molecular flexibility index (Phi) is 2.91. The molecule has 0 saturated carbocycles.